The molecule has 0 amide bonds. The van der Waals surface area contributed by atoms with E-state index in [0.29, 0.717) is 12.0 Å². The van der Waals surface area contributed by atoms with Crippen molar-refractivity contribution in [1.29, 1.82) is 0 Å². The monoisotopic (exact) mass is 268 g/mol. The van der Waals surface area contributed by atoms with Crippen LogP contribution in [0.3, 0.4) is 0 Å². The number of hydrogen-bond donors (Lipinski definition) is 1. The first kappa shape index (κ1) is 13.9. The molecule has 0 bridgehead atoms. The number of benzene rings is 2. The van der Waals surface area contributed by atoms with Crippen LogP contribution in [0.15, 0.2) is 40.6 Å². The Hall–Kier alpha value is -2.49. The Morgan fingerprint density at radius 1 is 1.00 bits per heavy atom. The van der Waals surface area contributed by atoms with Gasteiger partial charge in [-0.1, -0.05) is 17.7 Å². The molecule has 4 nitrogen and oxygen atoms in total. The smallest absolute Gasteiger partial charge is 0.153 e. The number of aromatic hydroxyl groups is 1. The van der Waals surface area contributed by atoms with Gasteiger partial charge in [0.05, 0.1) is 16.9 Å². The van der Waals surface area contributed by atoms with Crippen LogP contribution in [0.1, 0.15) is 27.0 Å². The number of carbonyl (C=O) groups is 1. The molecule has 0 spiro atoms. The van der Waals surface area contributed by atoms with Crippen molar-refractivity contribution in [3.05, 3.63) is 52.6 Å². The van der Waals surface area contributed by atoms with Gasteiger partial charge in [-0.15, -0.1) is 0 Å². The number of rotatable bonds is 3. The quantitative estimate of drug-likeness (QED) is 0.655. The van der Waals surface area contributed by atoms with Gasteiger partial charge in [0.2, 0.25) is 0 Å². The maximum absolute atomic E-state index is 10.8. The molecule has 102 valence electrons. The second-order valence-corrected chi connectivity index (χ2v) is 4.81. The van der Waals surface area contributed by atoms with Gasteiger partial charge >= 0.3 is 0 Å². The highest BCUT2D eigenvalue weighted by atomic mass is 16.3. The predicted octanol–water partition coefficient (Wildman–Crippen LogP) is 4.55. The van der Waals surface area contributed by atoms with E-state index in [4.69, 9.17) is 0 Å². The minimum Gasteiger partial charge on any atom is -0.507 e. The van der Waals surface area contributed by atoms with Crippen LogP contribution in [0.5, 0.6) is 5.75 Å². The van der Waals surface area contributed by atoms with Crippen molar-refractivity contribution in [1.82, 2.24) is 0 Å². The third-order valence-electron chi connectivity index (χ3n) is 3.04. The topological polar surface area (TPSA) is 62.0 Å². The van der Waals surface area contributed by atoms with E-state index in [-0.39, 0.29) is 11.3 Å². The molecular weight excluding hydrogens is 252 g/mol. The standard InChI is InChI=1S/C16H16N2O2/c1-10-6-11(2)16(12(3)7-10)18-17-14-4-5-15(20)13(8-14)9-19/h4-9,20H,1-3H3. The van der Waals surface area contributed by atoms with E-state index in [1.165, 1.54) is 17.7 Å². The lowest BCUT2D eigenvalue weighted by molar-refractivity contribution is 0.112. The molecule has 0 aromatic heterocycles. The molecule has 2 aromatic carbocycles. The second kappa shape index (κ2) is 5.65. The van der Waals surface area contributed by atoms with E-state index in [1.54, 1.807) is 6.07 Å². The average Bonchev–Trinajstić information content (AvgIpc) is 2.39. The molecule has 2 rings (SSSR count). The number of aryl methyl sites for hydroxylation is 3. The number of carbonyl (C=O) groups excluding carboxylic acids is 1. The van der Waals surface area contributed by atoms with Gasteiger partial charge in [-0.25, -0.2) is 0 Å². The van der Waals surface area contributed by atoms with Gasteiger partial charge in [0, 0.05) is 0 Å². The molecule has 0 unspecified atom stereocenters. The fourth-order valence-electron chi connectivity index (χ4n) is 2.14. The maximum Gasteiger partial charge on any atom is 0.153 e. The fourth-order valence-corrected chi connectivity index (χ4v) is 2.14. The molecule has 0 atom stereocenters. The largest absolute Gasteiger partial charge is 0.507 e. The van der Waals surface area contributed by atoms with Crippen molar-refractivity contribution in [2.75, 3.05) is 0 Å². The summed E-state index contributed by atoms with van der Waals surface area (Å²) in [5.41, 5.74) is 4.87. The summed E-state index contributed by atoms with van der Waals surface area (Å²) in [5, 5.41) is 17.8. The first-order valence-corrected chi connectivity index (χ1v) is 6.29. The number of phenolic OH excluding ortho intramolecular Hbond substituents is 1. The molecule has 0 aliphatic heterocycles. The zero-order valence-corrected chi connectivity index (χ0v) is 11.7. The summed E-state index contributed by atoms with van der Waals surface area (Å²) in [5.74, 6) is -0.0540. The summed E-state index contributed by atoms with van der Waals surface area (Å²) >= 11 is 0. The molecule has 0 saturated carbocycles. The molecule has 4 heteroatoms. The lowest BCUT2D eigenvalue weighted by Crippen LogP contribution is -1.83. The van der Waals surface area contributed by atoms with Crippen molar-refractivity contribution in [2.45, 2.75) is 20.8 Å². The van der Waals surface area contributed by atoms with Gasteiger partial charge in [0.15, 0.2) is 6.29 Å². The highest BCUT2D eigenvalue weighted by Crippen LogP contribution is 2.28. The third-order valence-corrected chi connectivity index (χ3v) is 3.04. The van der Waals surface area contributed by atoms with Crippen LogP contribution < -0.4 is 0 Å². The van der Waals surface area contributed by atoms with E-state index < -0.39 is 0 Å². The van der Waals surface area contributed by atoms with Gasteiger partial charge in [0.25, 0.3) is 0 Å². The van der Waals surface area contributed by atoms with Crippen LogP contribution in [-0.4, -0.2) is 11.4 Å². The zero-order chi connectivity index (χ0) is 14.7. The van der Waals surface area contributed by atoms with E-state index in [9.17, 15) is 9.90 Å². The number of aldehydes is 1. The summed E-state index contributed by atoms with van der Waals surface area (Å²) in [6.45, 7) is 6.02. The van der Waals surface area contributed by atoms with E-state index in [0.717, 1.165) is 16.8 Å². The third kappa shape index (κ3) is 2.91. The molecule has 0 heterocycles. The Morgan fingerprint density at radius 3 is 2.25 bits per heavy atom. The normalized spacial score (nSPS) is 10.9. The Balaban J connectivity index is 2.37. The highest BCUT2D eigenvalue weighted by Gasteiger charge is 2.04. The van der Waals surface area contributed by atoms with Crippen molar-refractivity contribution in [3.63, 3.8) is 0 Å². The molecule has 0 saturated heterocycles. The van der Waals surface area contributed by atoms with Crippen LogP contribution in [0.2, 0.25) is 0 Å². The number of nitrogens with zero attached hydrogens (tertiary/aromatic N) is 2. The first-order valence-electron chi connectivity index (χ1n) is 6.29. The number of azo groups is 1. The summed E-state index contributed by atoms with van der Waals surface area (Å²) < 4.78 is 0. The molecule has 0 fully saturated rings. The van der Waals surface area contributed by atoms with Gasteiger partial charge in [-0.05, 0) is 50.1 Å². The number of hydrogen-bond acceptors (Lipinski definition) is 4. The Morgan fingerprint density at radius 2 is 1.65 bits per heavy atom. The van der Waals surface area contributed by atoms with Crippen molar-refractivity contribution >= 4 is 17.7 Å². The van der Waals surface area contributed by atoms with Gasteiger partial charge in [0.1, 0.15) is 5.75 Å². The molecule has 0 aliphatic rings. The summed E-state index contributed by atoms with van der Waals surface area (Å²) in [6.07, 6.45) is 0.594. The number of phenols is 1. The predicted molar refractivity (Wildman–Crippen MR) is 78.3 cm³/mol. The lowest BCUT2D eigenvalue weighted by Gasteiger charge is -2.05. The molecular formula is C16H16N2O2. The average molecular weight is 268 g/mol. The maximum atomic E-state index is 10.8. The SMILES string of the molecule is Cc1cc(C)c(N=Nc2ccc(O)c(C=O)c2)c(C)c1. The van der Waals surface area contributed by atoms with Crippen molar-refractivity contribution < 1.29 is 9.90 Å². The molecule has 0 radical (unpaired) electrons. The van der Waals surface area contributed by atoms with Crippen molar-refractivity contribution in [3.8, 4) is 5.75 Å². The minimum atomic E-state index is -0.0540. The molecule has 2 aromatic rings. The first-order chi connectivity index (χ1) is 9.51. The summed E-state index contributed by atoms with van der Waals surface area (Å²) in [7, 11) is 0. The fraction of sp³-hybridized carbons (Fsp3) is 0.188. The molecule has 1 N–H and O–H groups in total. The van der Waals surface area contributed by atoms with E-state index >= 15 is 0 Å². The Kier molecular flexibility index (Phi) is 3.94. The Labute approximate surface area is 117 Å². The van der Waals surface area contributed by atoms with Crippen LogP contribution in [0, 0.1) is 20.8 Å². The van der Waals surface area contributed by atoms with Crippen molar-refractivity contribution in [2.24, 2.45) is 10.2 Å². The van der Waals surface area contributed by atoms with Gasteiger partial charge < -0.3 is 5.11 Å². The minimum absolute atomic E-state index is 0.0540. The van der Waals surface area contributed by atoms with Gasteiger partial charge in [-0.3, -0.25) is 4.79 Å². The molecule has 20 heavy (non-hydrogen) atoms. The second-order valence-electron chi connectivity index (χ2n) is 4.81. The molecule has 0 aliphatic carbocycles. The summed E-state index contributed by atoms with van der Waals surface area (Å²) in [6, 6.07) is 8.66. The van der Waals surface area contributed by atoms with E-state index in [2.05, 4.69) is 22.4 Å². The summed E-state index contributed by atoms with van der Waals surface area (Å²) in [4.78, 5) is 10.8. The zero-order valence-electron chi connectivity index (χ0n) is 11.7. The lowest BCUT2D eigenvalue weighted by atomic mass is 10.1. The van der Waals surface area contributed by atoms with Crippen LogP contribution in [0.4, 0.5) is 11.4 Å². The van der Waals surface area contributed by atoms with Crippen LogP contribution >= 0.6 is 0 Å². The van der Waals surface area contributed by atoms with Gasteiger partial charge in [-0.2, -0.15) is 10.2 Å². The highest BCUT2D eigenvalue weighted by molar-refractivity contribution is 5.80. The van der Waals surface area contributed by atoms with Crippen LogP contribution in [0.25, 0.3) is 0 Å². The van der Waals surface area contributed by atoms with E-state index in [1.807, 2.05) is 20.8 Å². The van der Waals surface area contributed by atoms with Crippen LogP contribution in [-0.2, 0) is 0 Å². The Bertz CT molecular complexity index is 668.